The van der Waals surface area contributed by atoms with Gasteiger partial charge >= 0.3 is 5.97 Å². The lowest BCUT2D eigenvalue weighted by molar-refractivity contribution is -0.146. The van der Waals surface area contributed by atoms with E-state index in [0.29, 0.717) is 23.1 Å². The first-order valence-electron chi connectivity index (χ1n) is 5.57. The average Bonchev–Trinajstić information content (AvgIpc) is 2.30. The smallest absolute Gasteiger partial charge is 0.316 e. The molecule has 1 aromatic rings. The number of halogens is 1. The first-order chi connectivity index (χ1) is 8.11. The number of ketones is 1. The predicted molar refractivity (Wildman–Crippen MR) is 68.9 cm³/mol. The molecule has 0 aliphatic heterocycles. The van der Waals surface area contributed by atoms with E-state index in [0.717, 1.165) is 0 Å². The highest BCUT2D eigenvalue weighted by atomic mass is 79.9. The number of carbonyl (C=O) groups excluding carboxylic acids is 2. The minimum absolute atomic E-state index is 0.196. The molecule has 0 aliphatic carbocycles. The SMILES string of the molecule is CCOC(=O)C(CC)C(=O)c1ccccc1Br. The van der Waals surface area contributed by atoms with E-state index in [4.69, 9.17) is 4.74 Å². The molecule has 3 nitrogen and oxygen atoms in total. The zero-order valence-corrected chi connectivity index (χ0v) is 11.5. The number of rotatable bonds is 5. The zero-order chi connectivity index (χ0) is 12.8. The Kier molecular flexibility index (Phi) is 5.35. The van der Waals surface area contributed by atoms with Crippen molar-refractivity contribution in [2.45, 2.75) is 20.3 Å². The summed E-state index contributed by atoms with van der Waals surface area (Å²) in [4.78, 5) is 23.8. The molecule has 1 unspecified atom stereocenters. The van der Waals surface area contributed by atoms with Gasteiger partial charge in [-0.25, -0.2) is 0 Å². The molecule has 92 valence electrons. The lowest BCUT2D eigenvalue weighted by atomic mass is 9.95. The Morgan fingerprint density at radius 2 is 1.94 bits per heavy atom. The molecule has 0 saturated carbocycles. The maximum absolute atomic E-state index is 12.2. The highest BCUT2D eigenvalue weighted by Gasteiger charge is 2.28. The second-order valence-electron chi connectivity index (χ2n) is 3.56. The molecule has 1 aromatic carbocycles. The van der Waals surface area contributed by atoms with Gasteiger partial charge in [0.1, 0.15) is 5.92 Å². The second kappa shape index (κ2) is 6.55. The normalized spacial score (nSPS) is 11.9. The van der Waals surface area contributed by atoms with Crippen LogP contribution in [0.3, 0.4) is 0 Å². The van der Waals surface area contributed by atoms with Gasteiger partial charge in [-0.3, -0.25) is 9.59 Å². The van der Waals surface area contributed by atoms with Gasteiger partial charge in [-0.2, -0.15) is 0 Å². The summed E-state index contributed by atoms with van der Waals surface area (Å²) >= 11 is 3.31. The van der Waals surface area contributed by atoms with Crippen molar-refractivity contribution < 1.29 is 14.3 Å². The predicted octanol–water partition coefficient (Wildman–Crippen LogP) is 3.22. The molecule has 0 radical (unpaired) electrons. The van der Waals surface area contributed by atoms with E-state index in [1.807, 2.05) is 6.07 Å². The molecular weight excluding hydrogens is 284 g/mol. The fourth-order valence-electron chi connectivity index (χ4n) is 1.55. The first kappa shape index (κ1) is 13.9. The van der Waals surface area contributed by atoms with E-state index < -0.39 is 11.9 Å². The molecule has 17 heavy (non-hydrogen) atoms. The number of ether oxygens (including phenoxy) is 1. The van der Waals surface area contributed by atoms with Crippen molar-refractivity contribution in [2.24, 2.45) is 5.92 Å². The van der Waals surface area contributed by atoms with E-state index in [1.54, 1.807) is 32.0 Å². The Morgan fingerprint density at radius 3 is 2.47 bits per heavy atom. The van der Waals surface area contributed by atoms with Crippen molar-refractivity contribution in [3.05, 3.63) is 34.3 Å². The summed E-state index contributed by atoms with van der Waals surface area (Å²) < 4.78 is 5.60. The molecule has 0 aliphatic rings. The largest absolute Gasteiger partial charge is 0.465 e. The second-order valence-corrected chi connectivity index (χ2v) is 4.41. The van der Waals surface area contributed by atoms with Gasteiger partial charge in [0.25, 0.3) is 0 Å². The minimum Gasteiger partial charge on any atom is -0.465 e. The van der Waals surface area contributed by atoms with Gasteiger partial charge in [0, 0.05) is 10.0 Å². The maximum Gasteiger partial charge on any atom is 0.316 e. The molecule has 0 fully saturated rings. The quantitative estimate of drug-likeness (QED) is 0.476. The third kappa shape index (κ3) is 3.40. The number of esters is 1. The molecule has 1 atom stereocenters. The molecule has 0 bridgehead atoms. The van der Waals surface area contributed by atoms with Gasteiger partial charge in [0.05, 0.1) is 6.61 Å². The van der Waals surface area contributed by atoms with Crippen molar-refractivity contribution in [2.75, 3.05) is 6.61 Å². The number of hydrogen-bond acceptors (Lipinski definition) is 3. The molecule has 4 heteroatoms. The van der Waals surface area contributed by atoms with Crippen LogP contribution >= 0.6 is 15.9 Å². The highest BCUT2D eigenvalue weighted by Crippen LogP contribution is 2.21. The Labute approximate surface area is 109 Å². The van der Waals surface area contributed by atoms with Crippen molar-refractivity contribution in [3.8, 4) is 0 Å². The van der Waals surface area contributed by atoms with E-state index >= 15 is 0 Å². The van der Waals surface area contributed by atoms with E-state index in [-0.39, 0.29) is 5.78 Å². The Hall–Kier alpha value is -1.16. The van der Waals surface area contributed by atoms with Crippen LogP contribution in [-0.2, 0) is 9.53 Å². The summed E-state index contributed by atoms with van der Waals surface area (Å²) in [7, 11) is 0. The molecule has 0 N–H and O–H groups in total. The van der Waals surface area contributed by atoms with Crippen LogP contribution in [0.5, 0.6) is 0 Å². The van der Waals surface area contributed by atoms with Crippen LogP contribution < -0.4 is 0 Å². The van der Waals surface area contributed by atoms with Crippen molar-refractivity contribution in [1.82, 2.24) is 0 Å². The van der Waals surface area contributed by atoms with Gasteiger partial charge < -0.3 is 4.74 Å². The van der Waals surface area contributed by atoms with E-state index in [2.05, 4.69) is 15.9 Å². The first-order valence-corrected chi connectivity index (χ1v) is 6.36. The summed E-state index contributed by atoms with van der Waals surface area (Å²) in [5, 5.41) is 0. The van der Waals surface area contributed by atoms with Gasteiger partial charge in [0.2, 0.25) is 0 Å². The van der Waals surface area contributed by atoms with Crippen LogP contribution in [0.2, 0.25) is 0 Å². The van der Waals surface area contributed by atoms with Gasteiger partial charge in [0.15, 0.2) is 5.78 Å². The van der Waals surface area contributed by atoms with Crippen molar-refractivity contribution in [3.63, 3.8) is 0 Å². The van der Waals surface area contributed by atoms with Crippen LogP contribution in [0, 0.1) is 5.92 Å². The third-order valence-electron chi connectivity index (χ3n) is 2.44. The zero-order valence-electron chi connectivity index (χ0n) is 9.90. The van der Waals surface area contributed by atoms with Gasteiger partial charge in [-0.1, -0.05) is 41.1 Å². The maximum atomic E-state index is 12.2. The third-order valence-corrected chi connectivity index (χ3v) is 3.13. The lowest BCUT2D eigenvalue weighted by Crippen LogP contribution is -2.26. The number of benzene rings is 1. The molecule has 0 amide bonds. The van der Waals surface area contributed by atoms with Crippen LogP contribution in [0.4, 0.5) is 0 Å². The summed E-state index contributed by atoms with van der Waals surface area (Å²) in [5.74, 6) is -1.36. The van der Waals surface area contributed by atoms with Gasteiger partial charge in [-0.05, 0) is 19.4 Å². The summed E-state index contributed by atoms with van der Waals surface area (Å²) in [6.45, 7) is 3.82. The monoisotopic (exact) mass is 298 g/mol. The molecule has 1 rings (SSSR count). The van der Waals surface area contributed by atoms with Crippen LogP contribution in [0.1, 0.15) is 30.6 Å². The number of hydrogen-bond donors (Lipinski definition) is 0. The number of carbonyl (C=O) groups is 2. The molecule has 0 heterocycles. The van der Waals surface area contributed by atoms with Crippen molar-refractivity contribution in [1.29, 1.82) is 0 Å². The number of Topliss-reactive ketones (excluding diaryl/α,β-unsaturated/α-hetero) is 1. The average molecular weight is 299 g/mol. The molecule has 0 spiro atoms. The summed E-state index contributed by atoms with van der Waals surface area (Å²) in [5.41, 5.74) is 0.521. The molecule has 0 saturated heterocycles. The molecular formula is C13H15BrO3. The van der Waals surface area contributed by atoms with Crippen LogP contribution in [-0.4, -0.2) is 18.4 Å². The summed E-state index contributed by atoms with van der Waals surface area (Å²) in [6.07, 6.45) is 0.443. The Bertz CT molecular complexity index is 415. The van der Waals surface area contributed by atoms with E-state index in [1.165, 1.54) is 0 Å². The van der Waals surface area contributed by atoms with Crippen LogP contribution in [0.15, 0.2) is 28.7 Å². The summed E-state index contributed by atoms with van der Waals surface area (Å²) in [6, 6.07) is 7.08. The highest BCUT2D eigenvalue weighted by molar-refractivity contribution is 9.10. The molecule has 0 aromatic heterocycles. The van der Waals surface area contributed by atoms with Gasteiger partial charge in [-0.15, -0.1) is 0 Å². The lowest BCUT2D eigenvalue weighted by Gasteiger charge is -2.13. The Morgan fingerprint density at radius 1 is 1.29 bits per heavy atom. The standard InChI is InChI=1S/C13H15BrO3/c1-3-9(13(16)17-4-2)12(15)10-7-5-6-8-11(10)14/h5-9H,3-4H2,1-2H3. The fourth-order valence-corrected chi connectivity index (χ4v) is 2.03. The van der Waals surface area contributed by atoms with Crippen LogP contribution in [0.25, 0.3) is 0 Å². The minimum atomic E-state index is -0.714. The fraction of sp³-hybridized carbons (Fsp3) is 0.385. The topological polar surface area (TPSA) is 43.4 Å². The van der Waals surface area contributed by atoms with Crippen molar-refractivity contribution >= 4 is 27.7 Å². The van der Waals surface area contributed by atoms with E-state index in [9.17, 15) is 9.59 Å². The Balaban J connectivity index is 2.94.